The van der Waals surface area contributed by atoms with Crippen LogP contribution in [0.25, 0.3) is 11.1 Å². The largest absolute Gasteiger partial charge is 0.322 e. The Morgan fingerprint density at radius 2 is 1.26 bits per heavy atom. The average Bonchev–Trinajstić information content (AvgIpc) is 2.68. The van der Waals surface area contributed by atoms with E-state index in [9.17, 15) is 25.0 Å². The van der Waals surface area contributed by atoms with Crippen molar-refractivity contribution in [2.75, 3.05) is 5.32 Å². The third-order valence-electron chi connectivity index (χ3n) is 3.84. The maximum Gasteiger partial charge on any atom is 0.277 e. The SMILES string of the molecule is O=C(Nc1ccc(-c2ccccc2)cc1)c1cc([N+](=O)[O-])cc([N+](=O)[O-])c1. The number of benzene rings is 3. The second kappa shape index (κ2) is 7.44. The molecule has 0 saturated carbocycles. The number of carbonyl (C=O) groups is 1. The summed E-state index contributed by atoms with van der Waals surface area (Å²) in [6.45, 7) is 0. The smallest absolute Gasteiger partial charge is 0.277 e. The van der Waals surface area contributed by atoms with Gasteiger partial charge < -0.3 is 5.32 Å². The van der Waals surface area contributed by atoms with Gasteiger partial charge in [-0.25, -0.2) is 0 Å². The first kappa shape index (κ1) is 17.7. The van der Waals surface area contributed by atoms with Gasteiger partial charge in [0.1, 0.15) is 0 Å². The summed E-state index contributed by atoms with van der Waals surface area (Å²) in [6.07, 6.45) is 0. The zero-order chi connectivity index (χ0) is 19.4. The Morgan fingerprint density at radius 3 is 1.78 bits per heavy atom. The summed E-state index contributed by atoms with van der Waals surface area (Å²) in [4.78, 5) is 32.7. The minimum absolute atomic E-state index is 0.164. The molecule has 0 aliphatic carbocycles. The molecule has 0 saturated heterocycles. The van der Waals surface area contributed by atoms with Gasteiger partial charge in [0.25, 0.3) is 17.3 Å². The summed E-state index contributed by atoms with van der Waals surface area (Å²) >= 11 is 0. The van der Waals surface area contributed by atoms with Gasteiger partial charge in [-0.15, -0.1) is 0 Å². The summed E-state index contributed by atoms with van der Waals surface area (Å²) in [5, 5.41) is 24.4. The number of nitrogens with zero attached hydrogens (tertiary/aromatic N) is 2. The average molecular weight is 363 g/mol. The van der Waals surface area contributed by atoms with Crippen LogP contribution < -0.4 is 5.32 Å². The second-order valence-electron chi connectivity index (χ2n) is 5.65. The molecule has 3 aromatic carbocycles. The number of anilines is 1. The maximum absolute atomic E-state index is 12.4. The number of amides is 1. The molecule has 0 bridgehead atoms. The minimum atomic E-state index is -0.779. The van der Waals surface area contributed by atoms with E-state index in [4.69, 9.17) is 0 Å². The fourth-order valence-corrected chi connectivity index (χ4v) is 2.52. The van der Waals surface area contributed by atoms with Gasteiger partial charge in [0, 0.05) is 17.8 Å². The first-order valence-corrected chi connectivity index (χ1v) is 7.85. The van der Waals surface area contributed by atoms with Gasteiger partial charge in [-0.2, -0.15) is 0 Å². The fraction of sp³-hybridized carbons (Fsp3) is 0. The molecule has 0 radical (unpaired) electrons. The Kier molecular flexibility index (Phi) is 4.89. The lowest BCUT2D eigenvalue weighted by molar-refractivity contribution is -0.394. The predicted molar refractivity (Wildman–Crippen MR) is 99.6 cm³/mol. The molecular weight excluding hydrogens is 350 g/mol. The van der Waals surface area contributed by atoms with Crippen LogP contribution in [0.5, 0.6) is 0 Å². The van der Waals surface area contributed by atoms with E-state index in [1.54, 1.807) is 12.1 Å². The minimum Gasteiger partial charge on any atom is -0.322 e. The van der Waals surface area contributed by atoms with Gasteiger partial charge in [-0.05, 0) is 23.3 Å². The monoisotopic (exact) mass is 363 g/mol. The van der Waals surface area contributed by atoms with Gasteiger partial charge in [0.05, 0.1) is 21.5 Å². The lowest BCUT2D eigenvalue weighted by Gasteiger charge is -2.07. The molecule has 27 heavy (non-hydrogen) atoms. The van der Waals surface area contributed by atoms with E-state index >= 15 is 0 Å². The summed E-state index contributed by atoms with van der Waals surface area (Å²) in [5.41, 5.74) is 1.24. The van der Waals surface area contributed by atoms with E-state index in [0.29, 0.717) is 5.69 Å². The first-order valence-electron chi connectivity index (χ1n) is 7.85. The van der Waals surface area contributed by atoms with Crippen LogP contribution in [0.1, 0.15) is 10.4 Å². The van der Waals surface area contributed by atoms with Crippen molar-refractivity contribution in [1.82, 2.24) is 0 Å². The molecule has 1 N–H and O–H groups in total. The number of nitro groups is 2. The van der Waals surface area contributed by atoms with E-state index in [0.717, 1.165) is 29.3 Å². The fourth-order valence-electron chi connectivity index (χ4n) is 2.52. The molecular formula is C19H13N3O5. The molecule has 0 unspecified atom stereocenters. The number of hydrogen-bond acceptors (Lipinski definition) is 5. The molecule has 0 aromatic heterocycles. The number of hydrogen-bond donors (Lipinski definition) is 1. The standard InChI is InChI=1S/C19H13N3O5/c23-19(15-10-17(21(24)25)12-18(11-15)22(26)27)20-16-8-6-14(7-9-16)13-4-2-1-3-5-13/h1-12H,(H,20,23). The van der Waals surface area contributed by atoms with Crippen molar-refractivity contribution < 1.29 is 14.6 Å². The lowest BCUT2D eigenvalue weighted by atomic mass is 10.1. The van der Waals surface area contributed by atoms with E-state index in [2.05, 4.69) is 5.32 Å². The van der Waals surface area contributed by atoms with Gasteiger partial charge in [0.2, 0.25) is 0 Å². The molecule has 3 aromatic rings. The number of rotatable bonds is 5. The Balaban J connectivity index is 1.83. The van der Waals surface area contributed by atoms with Gasteiger partial charge in [-0.1, -0.05) is 42.5 Å². The van der Waals surface area contributed by atoms with Gasteiger partial charge in [0.15, 0.2) is 0 Å². The van der Waals surface area contributed by atoms with E-state index < -0.39 is 27.1 Å². The van der Waals surface area contributed by atoms with Crippen LogP contribution in [0.4, 0.5) is 17.1 Å². The quantitative estimate of drug-likeness (QED) is 0.532. The molecule has 8 heteroatoms. The molecule has 1 amide bonds. The molecule has 134 valence electrons. The first-order chi connectivity index (χ1) is 12.9. The molecule has 3 rings (SSSR count). The summed E-state index contributed by atoms with van der Waals surface area (Å²) < 4.78 is 0. The van der Waals surface area contributed by atoms with E-state index in [1.807, 2.05) is 42.5 Å². The number of nitro benzene ring substituents is 2. The van der Waals surface area contributed by atoms with Gasteiger partial charge in [-0.3, -0.25) is 25.0 Å². The molecule has 0 fully saturated rings. The van der Waals surface area contributed by atoms with Crippen LogP contribution in [0.3, 0.4) is 0 Å². The molecule has 0 aliphatic heterocycles. The van der Waals surface area contributed by atoms with Crippen LogP contribution in [0, 0.1) is 20.2 Å². The zero-order valence-corrected chi connectivity index (χ0v) is 13.9. The third-order valence-corrected chi connectivity index (χ3v) is 3.84. The van der Waals surface area contributed by atoms with Crippen LogP contribution in [-0.2, 0) is 0 Å². The normalized spacial score (nSPS) is 10.2. The maximum atomic E-state index is 12.4. The van der Waals surface area contributed by atoms with Crippen molar-refractivity contribution >= 4 is 23.0 Å². The van der Waals surface area contributed by atoms with Crippen LogP contribution >= 0.6 is 0 Å². The second-order valence-corrected chi connectivity index (χ2v) is 5.65. The van der Waals surface area contributed by atoms with E-state index in [1.165, 1.54) is 0 Å². The highest BCUT2D eigenvalue weighted by atomic mass is 16.6. The Bertz CT molecular complexity index is 985. The van der Waals surface area contributed by atoms with Crippen LogP contribution in [-0.4, -0.2) is 15.8 Å². The van der Waals surface area contributed by atoms with Crippen molar-refractivity contribution in [1.29, 1.82) is 0 Å². The highest BCUT2D eigenvalue weighted by Crippen LogP contribution is 2.24. The Labute approximate surface area is 153 Å². The molecule has 0 atom stereocenters. The zero-order valence-electron chi connectivity index (χ0n) is 13.9. The predicted octanol–water partition coefficient (Wildman–Crippen LogP) is 4.42. The number of carbonyl (C=O) groups excluding carboxylic acids is 1. The van der Waals surface area contributed by atoms with Gasteiger partial charge >= 0.3 is 0 Å². The highest BCUT2D eigenvalue weighted by molar-refractivity contribution is 6.05. The number of nitrogens with one attached hydrogen (secondary N) is 1. The van der Waals surface area contributed by atoms with Crippen molar-refractivity contribution in [2.24, 2.45) is 0 Å². The lowest BCUT2D eigenvalue weighted by Crippen LogP contribution is -2.12. The summed E-state index contributed by atoms with van der Waals surface area (Å²) in [6, 6.07) is 19.5. The van der Waals surface area contributed by atoms with Crippen molar-refractivity contribution in [3.8, 4) is 11.1 Å². The van der Waals surface area contributed by atoms with Crippen LogP contribution in [0.2, 0.25) is 0 Å². The molecule has 8 nitrogen and oxygen atoms in total. The number of non-ortho nitro benzene ring substituents is 2. The molecule has 0 aliphatic rings. The highest BCUT2D eigenvalue weighted by Gasteiger charge is 2.20. The van der Waals surface area contributed by atoms with Crippen molar-refractivity contribution in [3.05, 3.63) is 98.6 Å². The van der Waals surface area contributed by atoms with E-state index in [-0.39, 0.29) is 5.56 Å². The molecule has 0 heterocycles. The molecule has 0 spiro atoms. The van der Waals surface area contributed by atoms with Crippen LogP contribution in [0.15, 0.2) is 72.8 Å². The Hall–Kier alpha value is -4.07. The Morgan fingerprint density at radius 1 is 0.741 bits per heavy atom. The third kappa shape index (κ3) is 4.13. The summed E-state index contributed by atoms with van der Waals surface area (Å²) in [7, 11) is 0. The topological polar surface area (TPSA) is 115 Å². The van der Waals surface area contributed by atoms with Crippen molar-refractivity contribution in [3.63, 3.8) is 0 Å². The van der Waals surface area contributed by atoms with Crippen molar-refractivity contribution in [2.45, 2.75) is 0 Å². The summed E-state index contributed by atoms with van der Waals surface area (Å²) in [5.74, 6) is -0.672.